The van der Waals surface area contributed by atoms with Crippen LogP contribution in [-0.2, 0) is 11.2 Å². The van der Waals surface area contributed by atoms with E-state index >= 15 is 0 Å². The van der Waals surface area contributed by atoms with Gasteiger partial charge in [0.25, 0.3) is 0 Å². The number of amides is 1. The molecule has 0 aliphatic carbocycles. The van der Waals surface area contributed by atoms with E-state index in [1.54, 1.807) is 29.4 Å². The van der Waals surface area contributed by atoms with Crippen LogP contribution in [0.3, 0.4) is 0 Å². The van der Waals surface area contributed by atoms with Crippen molar-refractivity contribution in [3.63, 3.8) is 0 Å². The lowest BCUT2D eigenvalue weighted by Gasteiger charge is -2.14. The van der Waals surface area contributed by atoms with Crippen molar-refractivity contribution in [1.29, 1.82) is 5.26 Å². The van der Waals surface area contributed by atoms with E-state index in [-0.39, 0.29) is 17.4 Å². The van der Waals surface area contributed by atoms with Gasteiger partial charge in [0.1, 0.15) is 17.7 Å². The Morgan fingerprint density at radius 3 is 2.81 bits per heavy atom. The van der Waals surface area contributed by atoms with Crippen LogP contribution in [0, 0.1) is 23.1 Å². The second-order valence-electron chi connectivity index (χ2n) is 6.48. The van der Waals surface area contributed by atoms with Gasteiger partial charge in [-0.15, -0.1) is 0 Å². The summed E-state index contributed by atoms with van der Waals surface area (Å²) in [4.78, 5) is 18.5. The van der Waals surface area contributed by atoms with Gasteiger partial charge in [0.05, 0.1) is 11.3 Å². The number of aromatic nitrogens is 3. The molecule has 1 amide bonds. The first-order valence-corrected chi connectivity index (χ1v) is 8.61. The van der Waals surface area contributed by atoms with Crippen LogP contribution in [0.15, 0.2) is 48.8 Å². The molecule has 0 unspecified atom stereocenters. The SMILES string of the molecule is N#Cc1ccc(C[C@@H]2CCN(c3cc(-c4ccncc4)n[nH]3)C2=O)cc1F. The van der Waals surface area contributed by atoms with Gasteiger partial charge in [-0.2, -0.15) is 10.4 Å². The number of rotatable bonds is 4. The number of halogens is 1. The number of pyridine rings is 1. The van der Waals surface area contributed by atoms with Gasteiger partial charge in [-0.05, 0) is 42.7 Å². The molecule has 1 aliphatic heterocycles. The number of nitriles is 1. The summed E-state index contributed by atoms with van der Waals surface area (Å²) in [6.45, 7) is 0.584. The van der Waals surface area contributed by atoms with Crippen LogP contribution >= 0.6 is 0 Å². The third-order valence-electron chi connectivity index (χ3n) is 4.78. The van der Waals surface area contributed by atoms with Crippen molar-refractivity contribution >= 4 is 11.7 Å². The molecule has 0 saturated carbocycles. The minimum absolute atomic E-state index is 0.00954. The molecule has 1 saturated heterocycles. The molecule has 0 bridgehead atoms. The summed E-state index contributed by atoms with van der Waals surface area (Å²) in [5.74, 6) is -0.122. The molecule has 0 radical (unpaired) electrons. The number of nitrogens with one attached hydrogen (secondary N) is 1. The van der Waals surface area contributed by atoms with E-state index in [1.807, 2.05) is 18.2 Å². The van der Waals surface area contributed by atoms with Gasteiger partial charge in [0.15, 0.2) is 0 Å². The molecule has 4 rings (SSSR count). The van der Waals surface area contributed by atoms with Crippen molar-refractivity contribution in [3.05, 3.63) is 65.7 Å². The molecule has 1 N–H and O–H groups in total. The second kappa shape index (κ2) is 7.00. The Bertz CT molecular complexity index is 1020. The number of carbonyl (C=O) groups is 1. The monoisotopic (exact) mass is 361 g/mol. The van der Waals surface area contributed by atoms with E-state index in [4.69, 9.17) is 5.26 Å². The Kier molecular flexibility index (Phi) is 4.38. The number of hydrogen-bond donors (Lipinski definition) is 1. The van der Waals surface area contributed by atoms with Crippen LogP contribution in [0.5, 0.6) is 0 Å². The van der Waals surface area contributed by atoms with Crippen molar-refractivity contribution in [2.24, 2.45) is 5.92 Å². The van der Waals surface area contributed by atoms with Gasteiger partial charge in [0, 0.05) is 36.5 Å². The molecule has 134 valence electrons. The molecule has 2 aromatic heterocycles. The molecular formula is C20H16FN5O. The van der Waals surface area contributed by atoms with Gasteiger partial charge >= 0.3 is 0 Å². The van der Waals surface area contributed by atoms with Crippen molar-refractivity contribution in [2.75, 3.05) is 11.4 Å². The number of aromatic amines is 1. The number of H-pyrrole nitrogens is 1. The highest BCUT2D eigenvalue weighted by atomic mass is 19.1. The molecule has 1 aliphatic rings. The minimum atomic E-state index is -0.548. The van der Waals surface area contributed by atoms with Crippen LogP contribution in [0.4, 0.5) is 10.2 Å². The van der Waals surface area contributed by atoms with Crippen molar-refractivity contribution in [3.8, 4) is 17.3 Å². The number of nitrogens with zero attached hydrogens (tertiary/aromatic N) is 4. The average molecular weight is 361 g/mol. The van der Waals surface area contributed by atoms with Crippen molar-refractivity contribution in [1.82, 2.24) is 15.2 Å². The summed E-state index contributed by atoms with van der Waals surface area (Å²) in [6, 6.07) is 11.9. The number of benzene rings is 1. The maximum absolute atomic E-state index is 13.8. The first-order valence-electron chi connectivity index (χ1n) is 8.61. The van der Waals surface area contributed by atoms with Crippen LogP contribution in [0.2, 0.25) is 0 Å². The van der Waals surface area contributed by atoms with Gasteiger partial charge in [-0.3, -0.25) is 19.8 Å². The molecule has 6 nitrogen and oxygen atoms in total. The van der Waals surface area contributed by atoms with Crippen LogP contribution < -0.4 is 4.90 Å². The number of hydrogen-bond acceptors (Lipinski definition) is 4. The zero-order valence-electron chi connectivity index (χ0n) is 14.4. The Labute approximate surface area is 155 Å². The maximum atomic E-state index is 13.8. The van der Waals surface area contributed by atoms with E-state index < -0.39 is 5.82 Å². The Morgan fingerprint density at radius 2 is 2.07 bits per heavy atom. The summed E-state index contributed by atoms with van der Waals surface area (Å²) in [6.07, 6.45) is 4.52. The highest BCUT2D eigenvalue weighted by Crippen LogP contribution is 2.29. The van der Waals surface area contributed by atoms with Gasteiger partial charge < -0.3 is 0 Å². The summed E-state index contributed by atoms with van der Waals surface area (Å²) in [5, 5.41) is 16.0. The molecular weight excluding hydrogens is 345 g/mol. The average Bonchev–Trinajstić information content (AvgIpc) is 3.30. The fourth-order valence-electron chi connectivity index (χ4n) is 3.35. The second-order valence-corrected chi connectivity index (χ2v) is 6.48. The summed E-state index contributed by atoms with van der Waals surface area (Å²) < 4.78 is 13.8. The standard InChI is InChI=1S/C20H16FN5O/c21-17-10-13(1-2-16(17)12-22)9-15-5-8-26(20(15)27)19-11-18(24-25-19)14-3-6-23-7-4-14/h1-4,6-7,10-11,15H,5,8-9H2,(H,24,25)/t15-/m0/s1. The lowest BCUT2D eigenvalue weighted by atomic mass is 9.97. The molecule has 7 heteroatoms. The van der Waals surface area contributed by atoms with E-state index in [2.05, 4.69) is 15.2 Å². The van der Waals surface area contributed by atoms with E-state index in [0.717, 1.165) is 11.3 Å². The van der Waals surface area contributed by atoms with Crippen LogP contribution in [0.1, 0.15) is 17.5 Å². The predicted octanol–water partition coefficient (Wildman–Crippen LogP) is 3.08. The quantitative estimate of drug-likeness (QED) is 0.774. The smallest absolute Gasteiger partial charge is 0.231 e. The summed E-state index contributed by atoms with van der Waals surface area (Å²) in [5.41, 5.74) is 2.40. The highest BCUT2D eigenvalue weighted by Gasteiger charge is 2.33. The molecule has 27 heavy (non-hydrogen) atoms. The summed E-state index contributed by atoms with van der Waals surface area (Å²) >= 11 is 0. The number of anilines is 1. The fourth-order valence-corrected chi connectivity index (χ4v) is 3.35. The lowest BCUT2D eigenvalue weighted by molar-refractivity contribution is -0.120. The third-order valence-corrected chi connectivity index (χ3v) is 4.78. The third kappa shape index (κ3) is 3.29. The molecule has 0 spiro atoms. The molecule has 1 atom stereocenters. The van der Waals surface area contributed by atoms with E-state index in [0.29, 0.717) is 30.8 Å². The normalized spacial score (nSPS) is 16.5. The molecule has 3 aromatic rings. The number of carbonyl (C=O) groups excluding carboxylic acids is 1. The lowest BCUT2D eigenvalue weighted by Crippen LogP contribution is -2.28. The van der Waals surface area contributed by atoms with E-state index in [1.165, 1.54) is 12.1 Å². The topological polar surface area (TPSA) is 85.7 Å². The van der Waals surface area contributed by atoms with Crippen LogP contribution in [-0.4, -0.2) is 27.6 Å². The Hall–Kier alpha value is -3.53. The van der Waals surface area contributed by atoms with Gasteiger partial charge in [-0.1, -0.05) is 6.07 Å². The van der Waals surface area contributed by atoms with Crippen LogP contribution in [0.25, 0.3) is 11.3 Å². The zero-order chi connectivity index (χ0) is 18.8. The molecule has 1 aromatic carbocycles. The summed E-state index contributed by atoms with van der Waals surface area (Å²) in [7, 11) is 0. The fraction of sp³-hybridized carbons (Fsp3) is 0.200. The highest BCUT2D eigenvalue weighted by molar-refractivity contribution is 5.96. The van der Waals surface area contributed by atoms with Gasteiger partial charge in [0.2, 0.25) is 5.91 Å². The first kappa shape index (κ1) is 16.9. The Morgan fingerprint density at radius 1 is 1.26 bits per heavy atom. The zero-order valence-corrected chi connectivity index (χ0v) is 14.4. The van der Waals surface area contributed by atoms with Gasteiger partial charge in [-0.25, -0.2) is 4.39 Å². The Balaban J connectivity index is 1.48. The minimum Gasteiger partial charge on any atom is -0.297 e. The maximum Gasteiger partial charge on any atom is 0.231 e. The first-order chi connectivity index (χ1) is 13.2. The van der Waals surface area contributed by atoms with Crippen molar-refractivity contribution in [2.45, 2.75) is 12.8 Å². The molecule has 3 heterocycles. The predicted molar refractivity (Wildman–Crippen MR) is 97.1 cm³/mol. The largest absolute Gasteiger partial charge is 0.297 e. The van der Waals surface area contributed by atoms with E-state index in [9.17, 15) is 9.18 Å². The molecule has 1 fully saturated rings. The van der Waals surface area contributed by atoms with Crippen molar-refractivity contribution < 1.29 is 9.18 Å².